The van der Waals surface area contributed by atoms with Crippen LogP contribution in [0.5, 0.6) is 0 Å². The number of hydrogen-bond acceptors (Lipinski definition) is 7. The second kappa shape index (κ2) is 9.20. The van der Waals surface area contributed by atoms with E-state index in [4.69, 9.17) is 0 Å². The van der Waals surface area contributed by atoms with Gasteiger partial charge in [0.05, 0.1) is 14.2 Å². The van der Waals surface area contributed by atoms with Crippen LogP contribution in [-0.2, 0) is 28.7 Å². The number of hydrogen-bond donors (Lipinski definition) is 0. The van der Waals surface area contributed by atoms with Crippen LogP contribution < -0.4 is 0 Å². The molecule has 0 heterocycles. The molecule has 134 valence electrons. The lowest BCUT2D eigenvalue weighted by Crippen LogP contribution is -2.19. The highest BCUT2D eigenvalue weighted by atomic mass is 16.5. The molecule has 0 spiro atoms. The molecule has 0 saturated heterocycles. The lowest BCUT2D eigenvalue weighted by Gasteiger charge is -2.08. The third-order valence-electron chi connectivity index (χ3n) is 3.59. The van der Waals surface area contributed by atoms with Crippen molar-refractivity contribution in [3.63, 3.8) is 0 Å². The molecule has 2 aliphatic rings. The van der Waals surface area contributed by atoms with Gasteiger partial charge in [-0.1, -0.05) is 0 Å². The normalized spacial score (nSPS) is 16.4. The van der Waals surface area contributed by atoms with Crippen LogP contribution in [0.2, 0.25) is 0 Å². The molecule has 0 N–H and O–H groups in total. The number of ether oxygens (including phenoxy) is 2. The van der Waals surface area contributed by atoms with E-state index >= 15 is 0 Å². The molecule has 2 saturated carbocycles. The Bertz CT molecular complexity index is 529. The second-order valence-corrected chi connectivity index (χ2v) is 6.13. The van der Waals surface area contributed by atoms with Gasteiger partial charge in [0.15, 0.2) is 5.78 Å². The average Bonchev–Trinajstić information content (AvgIpc) is 3.42. The van der Waals surface area contributed by atoms with Crippen molar-refractivity contribution in [1.29, 1.82) is 0 Å². The van der Waals surface area contributed by atoms with Gasteiger partial charge >= 0.3 is 11.9 Å². The molecular formula is C17H25NO6. The molecule has 0 amide bonds. The van der Waals surface area contributed by atoms with E-state index in [9.17, 15) is 19.2 Å². The molecule has 0 aromatic rings. The maximum atomic E-state index is 11.6. The van der Waals surface area contributed by atoms with E-state index in [2.05, 4.69) is 9.47 Å². The van der Waals surface area contributed by atoms with E-state index in [1.807, 2.05) is 0 Å². The maximum Gasteiger partial charge on any atom is 0.342 e. The monoisotopic (exact) mass is 339 g/mol. The van der Waals surface area contributed by atoms with E-state index in [0.29, 0.717) is 0 Å². The Hall–Kier alpha value is -2.18. The van der Waals surface area contributed by atoms with Crippen molar-refractivity contribution in [2.75, 3.05) is 28.3 Å². The van der Waals surface area contributed by atoms with Crippen molar-refractivity contribution in [2.45, 2.75) is 32.1 Å². The molecular weight excluding hydrogens is 314 g/mol. The summed E-state index contributed by atoms with van der Waals surface area (Å²) in [6.07, 6.45) is 5.17. The summed E-state index contributed by atoms with van der Waals surface area (Å²) in [6, 6.07) is 0. The Morgan fingerprint density at radius 1 is 0.958 bits per heavy atom. The third-order valence-corrected chi connectivity index (χ3v) is 3.59. The van der Waals surface area contributed by atoms with Gasteiger partial charge in [-0.15, -0.1) is 0 Å². The van der Waals surface area contributed by atoms with Crippen LogP contribution in [0.15, 0.2) is 11.8 Å². The Morgan fingerprint density at radius 2 is 1.50 bits per heavy atom. The first-order valence-corrected chi connectivity index (χ1v) is 7.90. The van der Waals surface area contributed by atoms with Gasteiger partial charge in [0, 0.05) is 32.1 Å². The Kier molecular flexibility index (Phi) is 7.61. The molecule has 2 fully saturated rings. The van der Waals surface area contributed by atoms with E-state index in [0.717, 1.165) is 25.7 Å². The van der Waals surface area contributed by atoms with Gasteiger partial charge in [0.1, 0.15) is 17.8 Å². The van der Waals surface area contributed by atoms with Crippen LogP contribution in [0.3, 0.4) is 0 Å². The van der Waals surface area contributed by atoms with Crippen LogP contribution in [0.1, 0.15) is 32.1 Å². The van der Waals surface area contributed by atoms with Crippen molar-refractivity contribution in [1.82, 2.24) is 4.90 Å². The molecule has 24 heavy (non-hydrogen) atoms. The minimum absolute atomic E-state index is 0.0341. The summed E-state index contributed by atoms with van der Waals surface area (Å²) in [4.78, 5) is 46.0. The minimum atomic E-state index is -0.546. The fraction of sp³-hybridized carbons (Fsp3) is 0.647. The topological polar surface area (TPSA) is 90.0 Å². The largest absolute Gasteiger partial charge is 0.469 e. The van der Waals surface area contributed by atoms with E-state index in [1.54, 1.807) is 19.0 Å². The minimum Gasteiger partial charge on any atom is -0.469 e. The maximum absolute atomic E-state index is 11.6. The predicted molar refractivity (Wildman–Crippen MR) is 85.9 cm³/mol. The number of nitrogens with zero attached hydrogens (tertiary/aromatic N) is 1. The van der Waals surface area contributed by atoms with Crippen molar-refractivity contribution >= 4 is 23.5 Å². The first-order chi connectivity index (χ1) is 11.3. The number of Topliss-reactive ketones (excluding diaryl/α,β-unsaturated/α-hetero) is 2. The molecule has 0 aliphatic heterocycles. The fourth-order valence-corrected chi connectivity index (χ4v) is 1.91. The molecule has 0 aromatic carbocycles. The lowest BCUT2D eigenvalue weighted by atomic mass is 10.1. The number of rotatable bonds is 7. The molecule has 2 rings (SSSR count). The van der Waals surface area contributed by atoms with Gasteiger partial charge in [-0.25, -0.2) is 4.79 Å². The van der Waals surface area contributed by atoms with Crippen molar-refractivity contribution in [3.05, 3.63) is 11.8 Å². The van der Waals surface area contributed by atoms with Crippen LogP contribution in [-0.4, -0.2) is 56.7 Å². The third kappa shape index (κ3) is 6.93. The first kappa shape index (κ1) is 19.9. The fourth-order valence-electron chi connectivity index (χ4n) is 1.91. The van der Waals surface area contributed by atoms with E-state index < -0.39 is 11.9 Å². The number of methoxy groups -OCH3 is 2. The Labute approximate surface area is 142 Å². The zero-order valence-electron chi connectivity index (χ0n) is 14.7. The molecule has 0 bridgehead atoms. The molecule has 0 atom stereocenters. The lowest BCUT2D eigenvalue weighted by molar-refractivity contribution is -0.144. The summed E-state index contributed by atoms with van der Waals surface area (Å²) in [5.74, 6) is -0.815. The van der Waals surface area contributed by atoms with Crippen molar-refractivity contribution < 1.29 is 28.7 Å². The van der Waals surface area contributed by atoms with Crippen molar-refractivity contribution in [3.8, 4) is 0 Å². The summed E-state index contributed by atoms with van der Waals surface area (Å²) in [6.45, 7) is 0. The first-order valence-electron chi connectivity index (χ1n) is 7.90. The van der Waals surface area contributed by atoms with Crippen LogP contribution in [0.4, 0.5) is 0 Å². The summed E-state index contributed by atoms with van der Waals surface area (Å²) in [5, 5.41) is 0. The smallest absolute Gasteiger partial charge is 0.342 e. The second-order valence-electron chi connectivity index (χ2n) is 6.13. The molecule has 0 aromatic heterocycles. The SMILES string of the molecule is COC(=O)C(=CN(C)C)C(=O)C1CC1.COC(=O)CC(=O)C1CC1. The Morgan fingerprint density at radius 3 is 1.88 bits per heavy atom. The van der Waals surface area contributed by atoms with Crippen LogP contribution in [0.25, 0.3) is 0 Å². The zero-order chi connectivity index (χ0) is 18.3. The number of esters is 2. The van der Waals surface area contributed by atoms with E-state index in [-0.39, 0.29) is 35.4 Å². The number of carbonyl (C=O) groups is 4. The van der Waals surface area contributed by atoms with Gasteiger partial charge < -0.3 is 14.4 Å². The van der Waals surface area contributed by atoms with Crippen molar-refractivity contribution in [2.24, 2.45) is 11.8 Å². The molecule has 0 radical (unpaired) electrons. The number of carbonyl (C=O) groups excluding carboxylic acids is 4. The summed E-state index contributed by atoms with van der Waals surface area (Å²) < 4.78 is 8.90. The summed E-state index contributed by atoms with van der Waals surface area (Å²) >= 11 is 0. The standard InChI is InChI=1S/C10H15NO3.C7H10O3/c1-11(2)6-8(10(13)14-3)9(12)7-4-5-7;1-10-7(9)4-6(8)5-2-3-5/h6-7H,4-5H2,1-3H3;5H,2-4H2,1H3. The highest BCUT2D eigenvalue weighted by Crippen LogP contribution is 2.32. The molecule has 7 heteroatoms. The van der Waals surface area contributed by atoms with Gasteiger partial charge in [-0.05, 0) is 25.7 Å². The van der Waals surface area contributed by atoms with Crippen LogP contribution >= 0.6 is 0 Å². The Balaban J connectivity index is 0.000000254. The number of ketones is 2. The van der Waals surface area contributed by atoms with Gasteiger partial charge in [-0.3, -0.25) is 14.4 Å². The zero-order valence-corrected chi connectivity index (χ0v) is 14.7. The van der Waals surface area contributed by atoms with Gasteiger partial charge in [0.2, 0.25) is 0 Å². The summed E-state index contributed by atoms with van der Waals surface area (Å²) in [7, 11) is 6.11. The predicted octanol–water partition coefficient (Wildman–Crippen LogP) is 1.11. The van der Waals surface area contributed by atoms with Gasteiger partial charge in [0.25, 0.3) is 0 Å². The van der Waals surface area contributed by atoms with E-state index in [1.165, 1.54) is 20.4 Å². The van der Waals surface area contributed by atoms with Crippen LogP contribution in [0, 0.1) is 11.8 Å². The summed E-state index contributed by atoms with van der Waals surface area (Å²) in [5.41, 5.74) is 0.153. The van der Waals surface area contributed by atoms with Gasteiger partial charge in [-0.2, -0.15) is 0 Å². The average molecular weight is 339 g/mol. The highest BCUT2D eigenvalue weighted by molar-refractivity contribution is 6.18. The molecule has 2 aliphatic carbocycles. The quantitative estimate of drug-likeness (QED) is 0.297. The molecule has 0 unspecified atom stereocenters. The highest BCUT2D eigenvalue weighted by Gasteiger charge is 2.35. The molecule has 7 nitrogen and oxygen atoms in total.